The van der Waals surface area contributed by atoms with E-state index in [4.69, 9.17) is 9.94 Å². The van der Waals surface area contributed by atoms with Crippen molar-refractivity contribution in [2.75, 3.05) is 18.5 Å². The van der Waals surface area contributed by atoms with Crippen LogP contribution < -0.4 is 5.32 Å². The zero-order chi connectivity index (χ0) is 18.4. The van der Waals surface area contributed by atoms with Crippen LogP contribution in [0.1, 0.15) is 17.4 Å². The Hall–Kier alpha value is -2.77. The number of pyridine rings is 2. The third-order valence-electron chi connectivity index (χ3n) is 3.52. The number of aromatic nitrogens is 2. The van der Waals surface area contributed by atoms with E-state index in [9.17, 15) is 0 Å². The maximum atomic E-state index is 8.74. The molecule has 7 heteroatoms. The van der Waals surface area contributed by atoms with Gasteiger partial charge in [0.1, 0.15) is 18.2 Å². The Balaban J connectivity index is 1.77. The van der Waals surface area contributed by atoms with Crippen molar-refractivity contribution in [2.45, 2.75) is 13.8 Å². The highest BCUT2D eigenvalue weighted by Crippen LogP contribution is 2.28. The normalized spacial score (nSPS) is 11.4. The molecule has 0 aromatic carbocycles. The van der Waals surface area contributed by atoms with Gasteiger partial charge >= 0.3 is 0 Å². The molecule has 0 unspecified atom stereocenters. The summed E-state index contributed by atoms with van der Waals surface area (Å²) in [6.45, 7) is 4.05. The summed E-state index contributed by atoms with van der Waals surface area (Å²) in [6.07, 6.45) is 1.77. The summed E-state index contributed by atoms with van der Waals surface area (Å²) in [7, 11) is 0. The standard InChI is InChI=1S/C19H20N4O2S/c1-13-8-9-20-19(12-13)22-18-5-3-4-15(21-18)17-7-6-16(26-17)14(2)23-25-11-10-24/h3-9,12,24H,10-11H2,1-2H3,(H,20,21,22). The number of oxime groups is 1. The molecule has 3 heterocycles. The molecule has 0 aliphatic heterocycles. The van der Waals surface area contributed by atoms with Crippen LogP contribution >= 0.6 is 11.3 Å². The lowest BCUT2D eigenvalue weighted by Crippen LogP contribution is -1.97. The van der Waals surface area contributed by atoms with Gasteiger partial charge in [-0.05, 0) is 55.8 Å². The Morgan fingerprint density at radius 1 is 1.23 bits per heavy atom. The van der Waals surface area contributed by atoms with E-state index in [1.54, 1.807) is 17.5 Å². The first-order chi connectivity index (χ1) is 12.7. The Kier molecular flexibility index (Phi) is 5.93. The fourth-order valence-corrected chi connectivity index (χ4v) is 3.19. The molecule has 0 saturated heterocycles. The summed E-state index contributed by atoms with van der Waals surface area (Å²) in [4.78, 5) is 16.0. The van der Waals surface area contributed by atoms with E-state index in [-0.39, 0.29) is 13.2 Å². The van der Waals surface area contributed by atoms with Crippen molar-refractivity contribution in [3.63, 3.8) is 0 Å². The molecule has 3 aromatic heterocycles. The minimum atomic E-state index is -0.0496. The van der Waals surface area contributed by atoms with Gasteiger partial charge in [0.25, 0.3) is 0 Å². The molecule has 0 fully saturated rings. The Morgan fingerprint density at radius 3 is 2.92 bits per heavy atom. The zero-order valence-electron chi connectivity index (χ0n) is 14.6. The molecule has 0 bridgehead atoms. The van der Waals surface area contributed by atoms with Crippen LogP contribution in [-0.2, 0) is 4.84 Å². The Bertz CT molecular complexity index is 908. The number of aliphatic hydroxyl groups excluding tert-OH is 1. The summed E-state index contributed by atoms with van der Waals surface area (Å²) < 4.78 is 0. The van der Waals surface area contributed by atoms with Crippen molar-refractivity contribution < 1.29 is 9.94 Å². The highest BCUT2D eigenvalue weighted by atomic mass is 32.1. The molecule has 0 atom stereocenters. The SMILES string of the molecule is CC(=NOCCO)c1ccc(-c2cccc(Nc3cc(C)ccn3)n2)s1. The quantitative estimate of drug-likeness (QED) is 0.374. The average molecular weight is 368 g/mol. The molecule has 3 rings (SSSR count). The van der Waals surface area contributed by atoms with E-state index in [0.29, 0.717) is 0 Å². The summed E-state index contributed by atoms with van der Waals surface area (Å²) in [5, 5.41) is 16.0. The summed E-state index contributed by atoms with van der Waals surface area (Å²) in [5.74, 6) is 1.51. The third kappa shape index (κ3) is 4.65. The summed E-state index contributed by atoms with van der Waals surface area (Å²) in [5.41, 5.74) is 2.79. The van der Waals surface area contributed by atoms with Crippen LogP contribution in [0.2, 0.25) is 0 Å². The van der Waals surface area contributed by atoms with Gasteiger partial charge in [0.15, 0.2) is 0 Å². The topological polar surface area (TPSA) is 79.6 Å². The van der Waals surface area contributed by atoms with Crippen molar-refractivity contribution in [1.29, 1.82) is 0 Å². The molecule has 0 saturated carbocycles. The molecule has 2 N–H and O–H groups in total. The fraction of sp³-hybridized carbons (Fsp3) is 0.211. The van der Waals surface area contributed by atoms with Gasteiger partial charge < -0.3 is 15.3 Å². The molecule has 0 aliphatic rings. The van der Waals surface area contributed by atoms with Gasteiger partial charge in [0, 0.05) is 6.20 Å². The van der Waals surface area contributed by atoms with Crippen molar-refractivity contribution in [2.24, 2.45) is 5.16 Å². The van der Waals surface area contributed by atoms with Crippen molar-refractivity contribution >= 4 is 28.7 Å². The number of hydrogen-bond acceptors (Lipinski definition) is 7. The molecule has 134 valence electrons. The first-order valence-electron chi connectivity index (χ1n) is 8.20. The third-order valence-corrected chi connectivity index (χ3v) is 4.74. The van der Waals surface area contributed by atoms with Crippen LogP contribution in [0, 0.1) is 6.92 Å². The molecule has 0 aliphatic carbocycles. The average Bonchev–Trinajstić information content (AvgIpc) is 3.12. The number of nitrogens with one attached hydrogen (secondary N) is 1. The second kappa shape index (κ2) is 8.55. The van der Waals surface area contributed by atoms with Gasteiger partial charge in [-0.15, -0.1) is 11.3 Å². The van der Waals surface area contributed by atoms with Crippen LogP contribution in [0.4, 0.5) is 11.6 Å². The van der Waals surface area contributed by atoms with Crippen LogP contribution in [0.15, 0.2) is 53.8 Å². The van der Waals surface area contributed by atoms with Gasteiger partial charge in [-0.3, -0.25) is 0 Å². The number of thiophene rings is 1. The molecular formula is C19H20N4O2S. The number of aliphatic hydroxyl groups is 1. The van der Waals surface area contributed by atoms with Crippen LogP contribution in [0.3, 0.4) is 0 Å². The minimum absolute atomic E-state index is 0.0496. The van der Waals surface area contributed by atoms with Gasteiger partial charge in [-0.2, -0.15) is 0 Å². The van der Waals surface area contributed by atoms with E-state index in [0.717, 1.165) is 38.4 Å². The van der Waals surface area contributed by atoms with Crippen LogP contribution in [-0.4, -0.2) is 34.0 Å². The molecular weight excluding hydrogens is 348 g/mol. The summed E-state index contributed by atoms with van der Waals surface area (Å²) >= 11 is 1.59. The van der Waals surface area contributed by atoms with Crippen molar-refractivity contribution in [3.8, 4) is 10.6 Å². The molecule has 0 radical (unpaired) electrons. The predicted molar refractivity (Wildman–Crippen MR) is 105 cm³/mol. The van der Waals surface area contributed by atoms with Gasteiger partial charge in [0.2, 0.25) is 0 Å². The fourth-order valence-electron chi connectivity index (χ4n) is 2.28. The number of nitrogens with zero attached hydrogens (tertiary/aromatic N) is 3. The maximum Gasteiger partial charge on any atom is 0.140 e. The van der Waals surface area contributed by atoms with E-state index >= 15 is 0 Å². The number of aryl methyl sites for hydroxylation is 1. The minimum Gasteiger partial charge on any atom is -0.393 e. The molecule has 6 nitrogen and oxygen atoms in total. The second-order valence-corrected chi connectivity index (χ2v) is 6.73. The first kappa shape index (κ1) is 18.0. The van der Waals surface area contributed by atoms with Crippen LogP contribution in [0.5, 0.6) is 0 Å². The van der Waals surface area contributed by atoms with Crippen molar-refractivity contribution in [3.05, 3.63) is 59.1 Å². The highest BCUT2D eigenvalue weighted by Gasteiger charge is 2.08. The molecule has 0 spiro atoms. The molecule has 0 amide bonds. The second-order valence-electron chi connectivity index (χ2n) is 5.65. The first-order valence-corrected chi connectivity index (χ1v) is 9.02. The number of rotatable bonds is 7. The lowest BCUT2D eigenvalue weighted by atomic mass is 10.2. The zero-order valence-corrected chi connectivity index (χ0v) is 15.5. The monoisotopic (exact) mass is 368 g/mol. The Labute approximate surface area is 156 Å². The smallest absolute Gasteiger partial charge is 0.140 e. The van der Waals surface area contributed by atoms with Crippen molar-refractivity contribution in [1.82, 2.24) is 9.97 Å². The van der Waals surface area contributed by atoms with Gasteiger partial charge in [0.05, 0.1) is 27.8 Å². The predicted octanol–water partition coefficient (Wildman–Crippen LogP) is 3.99. The van der Waals surface area contributed by atoms with E-state index in [1.165, 1.54) is 0 Å². The lowest BCUT2D eigenvalue weighted by Gasteiger charge is -2.06. The maximum absolute atomic E-state index is 8.74. The largest absolute Gasteiger partial charge is 0.393 e. The summed E-state index contributed by atoms with van der Waals surface area (Å²) in [6, 6.07) is 13.8. The lowest BCUT2D eigenvalue weighted by molar-refractivity contribution is 0.0987. The number of hydrogen-bond donors (Lipinski definition) is 2. The van der Waals surface area contributed by atoms with E-state index in [1.807, 2.05) is 56.3 Å². The van der Waals surface area contributed by atoms with E-state index < -0.39 is 0 Å². The molecule has 3 aromatic rings. The van der Waals surface area contributed by atoms with Crippen LogP contribution in [0.25, 0.3) is 10.6 Å². The molecule has 26 heavy (non-hydrogen) atoms. The Morgan fingerprint density at radius 2 is 2.12 bits per heavy atom. The highest BCUT2D eigenvalue weighted by molar-refractivity contribution is 7.17. The van der Waals surface area contributed by atoms with Gasteiger partial charge in [-0.25, -0.2) is 9.97 Å². The van der Waals surface area contributed by atoms with E-state index in [2.05, 4.69) is 20.4 Å². The number of anilines is 2. The van der Waals surface area contributed by atoms with Gasteiger partial charge in [-0.1, -0.05) is 11.2 Å².